The van der Waals surface area contributed by atoms with E-state index in [1.807, 2.05) is 17.0 Å². The quantitative estimate of drug-likeness (QED) is 0.706. The van der Waals surface area contributed by atoms with Crippen molar-refractivity contribution in [1.82, 2.24) is 4.90 Å². The summed E-state index contributed by atoms with van der Waals surface area (Å²) in [4.78, 5) is 14.8. The number of ether oxygens (including phenoxy) is 3. The third-order valence-corrected chi connectivity index (χ3v) is 5.44. The molecule has 1 aromatic rings. The van der Waals surface area contributed by atoms with Gasteiger partial charge in [0.2, 0.25) is 0 Å². The van der Waals surface area contributed by atoms with Crippen LogP contribution in [-0.4, -0.2) is 56.4 Å². The Morgan fingerprint density at radius 1 is 1.11 bits per heavy atom. The average molecular weight is 376 g/mol. The molecule has 1 aliphatic carbocycles. The molecule has 0 unspecified atom stereocenters. The number of benzene rings is 1. The second-order valence-electron chi connectivity index (χ2n) is 7.39. The molecule has 1 saturated carbocycles. The van der Waals surface area contributed by atoms with Crippen molar-refractivity contribution >= 4 is 5.91 Å². The van der Waals surface area contributed by atoms with Gasteiger partial charge >= 0.3 is 0 Å². The number of likely N-dealkylation sites (tertiary alicyclic amines) is 1. The molecule has 1 aliphatic heterocycles. The van der Waals surface area contributed by atoms with Gasteiger partial charge in [0.05, 0.1) is 19.3 Å². The van der Waals surface area contributed by atoms with Crippen molar-refractivity contribution in [3.63, 3.8) is 0 Å². The van der Waals surface area contributed by atoms with Crippen LogP contribution in [0.25, 0.3) is 0 Å². The zero-order chi connectivity index (χ0) is 19.1. The molecule has 1 heterocycles. The number of rotatable bonds is 8. The zero-order valence-electron chi connectivity index (χ0n) is 16.3. The molecule has 1 amide bonds. The number of piperidine rings is 1. The monoisotopic (exact) mass is 376 g/mol. The van der Waals surface area contributed by atoms with Gasteiger partial charge in [-0.05, 0) is 69.7 Å². The molecule has 0 bridgehead atoms. The van der Waals surface area contributed by atoms with E-state index in [1.54, 1.807) is 13.2 Å². The van der Waals surface area contributed by atoms with Gasteiger partial charge in [0.1, 0.15) is 0 Å². The summed E-state index contributed by atoms with van der Waals surface area (Å²) in [5.74, 6) is 1.40. The fraction of sp³-hybridized carbons (Fsp3) is 0.667. The largest absolute Gasteiger partial charge is 0.493 e. The molecule has 27 heavy (non-hydrogen) atoms. The number of nitrogens with zero attached hydrogens (tertiary/aromatic N) is 1. The van der Waals surface area contributed by atoms with Gasteiger partial charge in [0.15, 0.2) is 11.5 Å². The summed E-state index contributed by atoms with van der Waals surface area (Å²) in [7, 11) is 1.62. The lowest BCUT2D eigenvalue weighted by atomic mass is 10.1. The van der Waals surface area contributed by atoms with Crippen molar-refractivity contribution in [2.24, 2.45) is 5.73 Å². The highest BCUT2D eigenvalue weighted by Crippen LogP contribution is 2.33. The lowest BCUT2D eigenvalue weighted by Gasteiger charge is -2.32. The summed E-state index contributed by atoms with van der Waals surface area (Å²) >= 11 is 0. The molecular weight excluding hydrogens is 344 g/mol. The van der Waals surface area contributed by atoms with Gasteiger partial charge in [-0.2, -0.15) is 0 Å². The maximum absolute atomic E-state index is 12.9. The molecule has 0 aromatic heterocycles. The van der Waals surface area contributed by atoms with Crippen LogP contribution in [0.3, 0.4) is 0 Å². The van der Waals surface area contributed by atoms with E-state index in [9.17, 15) is 4.79 Å². The van der Waals surface area contributed by atoms with Gasteiger partial charge in [-0.3, -0.25) is 4.79 Å². The third-order valence-electron chi connectivity index (χ3n) is 5.44. The van der Waals surface area contributed by atoms with Crippen LogP contribution in [-0.2, 0) is 4.74 Å². The Bertz CT molecular complexity index is 608. The summed E-state index contributed by atoms with van der Waals surface area (Å²) in [6.45, 7) is 2.79. The molecule has 0 spiro atoms. The molecule has 6 heteroatoms. The first-order chi connectivity index (χ1) is 13.2. The molecule has 150 valence electrons. The second-order valence-corrected chi connectivity index (χ2v) is 7.39. The van der Waals surface area contributed by atoms with Crippen LogP contribution in [0.4, 0.5) is 0 Å². The predicted molar refractivity (Wildman–Crippen MR) is 104 cm³/mol. The zero-order valence-corrected chi connectivity index (χ0v) is 16.3. The first kappa shape index (κ1) is 20.0. The summed E-state index contributed by atoms with van der Waals surface area (Å²) in [6.07, 6.45) is 7.74. The SMILES string of the molecule is COc1cc(C(=O)N2CCC(OCCCN)CC2)ccc1OC1CCCC1. The number of nitrogens with two attached hydrogens (primary N) is 1. The summed E-state index contributed by atoms with van der Waals surface area (Å²) in [6, 6.07) is 5.52. The van der Waals surface area contributed by atoms with Gasteiger partial charge in [-0.15, -0.1) is 0 Å². The van der Waals surface area contributed by atoms with Crippen LogP contribution >= 0.6 is 0 Å². The summed E-state index contributed by atoms with van der Waals surface area (Å²) in [5, 5.41) is 0. The Labute approximate surface area is 161 Å². The van der Waals surface area contributed by atoms with Crippen molar-refractivity contribution in [3.05, 3.63) is 23.8 Å². The Morgan fingerprint density at radius 2 is 1.85 bits per heavy atom. The van der Waals surface area contributed by atoms with Crippen molar-refractivity contribution in [3.8, 4) is 11.5 Å². The molecule has 2 fully saturated rings. The van der Waals surface area contributed by atoms with Crippen molar-refractivity contribution in [2.75, 3.05) is 33.4 Å². The van der Waals surface area contributed by atoms with E-state index in [0.717, 1.165) is 50.9 Å². The van der Waals surface area contributed by atoms with Crippen molar-refractivity contribution in [2.45, 2.75) is 57.2 Å². The molecule has 3 rings (SSSR count). The standard InChI is InChI=1S/C21H32N2O4/c1-25-20-15-16(7-8-19(20)27-18-5-2-3-6-18)21(24)23-12-9-17(10-13-23)26-14-4-11-22/h7-8,15,17-18H,2-6,9-14,22H2,1H3. The lowest BCUT2D eigenvalue weighted by molar-refractivity contribution is 0.00844. The number of carbonyl (C=O) groups is 1. The van der Waals surface area contributed by atoms with Crippen LogP contribution < -0.4 is 15.2 Å². The molecule has 1 aromatic carbocycles. The minimum Gasteiger partial charge on any atom is -0.493 e. The lowest BCUT2D eigenvalue weighted by Crippen LogP contribution is -2.41. The Kier molecular flexibility index (Phi) is 7.35. The third kappa shape index (κ3) is 5.36. The molecule has 0 atom stereocenters. The predicted octanol–water partition coefficient (Wildman–Crippen LogP) is 2.99. The van der Waals surface area contributed by atoms with E-state index in [0.29, 0.717) is 24.5 Å². The maximum atomic E-state index is 12.9. The highest BCUT2D eigenvalue weighted by Gasteiger charge is 2.25. The van der Waals surface area contributed by atoms with Crippen LogP contribution in [0.15, 0.2) is 18.2 Å². The van der Waals surface area contributed by atoms with Gasteiger partial charge in [-0.25, -0.2) is 0 Å². The number of amides is 1. The van der Waals surface area contributed by atoms with Gasteiger partial charge in [-0.1, -0.05) is 0 Å². The van der Waals surface area contributed by atoms with E-state index < -0.39 is 0 Å². The first-order valence-corrected chi connectivity index (χ1v) is 10.2. The number of methoxy groups -OCH3 is 1. The Hall–Kier alpha value is -1.79. The van der Waals surface area contributed by atoms with Gasteiger partial charge in [0, 0.05) is 25.3 Å². The smallest absolute Gasteiger partial charge is 0.253 e. The molecule has 6 nitrogen and oxygen atoms in total. The van der Waals surface area contributed by atoms with Crippen LogP contribution in [0.5, 0.6) is 11.5 Å². The molecule has 2 aliphatic rings. The summed E-state index contributed by atoms with van der Waals surface area (Å²) in [5.41, 5.74) is 6.14. The number of hydrogen-bond donors (Lipinski definition) is 1. The first-order valence-electron chi connectivity index (χ1n) is 10.2. The van der Waals surface area contributed by atoms with E-state index in [-0.39, 0.29) is 18.1 Å². The second kappa shape index (κ2) is 9.95. The number of carbonyl (C=O) groups excluding carboxylic acids is 1. The minimum absolute atomic E-state index is 0.0427. The fourth-order valence-corrected chi connectivity index (χ4v) is 3.83. The molecule has 0 radical (unpaired) electrons. The van der Waals surface area contributed by atoms with Crippen LogP contribution in [0.1, 0.15) is 55.3 Å². The van der Waals surface area contributed by atoms with Crippen molar-refractivity contribution < 1.29 is 19.0 Å². The summed E-state index contributed by atoms with van der Waals surface area (Å²) < 4.78 is 17.4. The fourth-order valence-electron chi connectivity index (χ4n) is 3.83. The van der Waals surface area contributed by atoms with E-state index in [1.165, 1.54) is 12.8 Å². The van der Waals surface area contributed by atoms with E-state index >= 15 is 0 Å². The molecule has 2 N–H and O–H groups in total. The minimum atomic E-state index is 0.0427. The highest BCUT2D eigenvalue weighted by molar-refractivity contribution is 5.95. The van der Waals surface area contributed by atoms with E-state index in [4.69, 9.17) is 19.9 Å². The van der Waals surface area contributed by atoms with Gasteiger partial charge in [0.25, 0.3) is 5.91 Å². The highest BCUT2D eigenvalue weighted by atomic mass is 16.5. The van der Waals surface area contributed by atoms with Crippen LogP contribution in [0, 0.1) is 0 Å². The number of hydrogen-bond acceptors (Lipinski definition) is 5. The average Bonchev–Trinajstić information content (AvgIpc) is 3.21. The van der Waals surface area contributed by atoms with Crippen LogP contribution in [0.2, 0.25) is 0 Å². The topological polar surface area (TPSA) is 74.0 Å². The normalized spacial score (nSPS) is 18.7. The Balaban J connectivity index is 1.56. The molecular formula is C21H32N2O4. The van der Waals surface area contributed by atoms with Gasteiger partial charge < -0.3 is 24.8 Å². The molecule has 1 saturated heterocycles. The van der Waals surface area contributed by atoms with Crippen molar-refractivity contribution in [1.29, 1.82) is 0 Å². The maximum Gasteiger partial charge on any atom is 0.253 e. The van der Waals surface area contributed by atoms with E-state index in [2.05, 4.69) is 0 Å². The Morgan fingerprint density at radius 3 is 2.52 bits per heavy atom.